The molecule has 0 unspecified atom stereocenters. The van der Waals surface area contributed by atoms with Crippen molar-refractivity contribution >= 4 is 10.0 Å². The van der Waals surface area contributed by atoms with Gasteiger partial charge in [-0.05, 0) is 19.1 Å². The Bertz CT molecular complexity index is 639. The Labute approximate surface area is 142 Å². The summed E-state index contributed by atoms with van der Waals surface area (Å²) < 4.78 is 28.3. The summed E-state index contributed by atoms with van der Waals surface area (Å²) in [5.41, 5.74) is 1.91. The Morgan fingerprint density at radius 3 is 2.05 bits per heavy atom. The summed E-state index contributed by atoms with van der Waals surface area (Å²) in [6.07, 6.45) is 0. The molecule has 2 aromatic carbocycles. The first-order chi connectivity index (χ1) is 8.99. The van der Waals surface area contributed by atoms with Crippen LogP contribution in [0.1, 0.15) is 24.1 Å². The van der Waals surface area contributed by atoms with Crippen LogP contribution in [0.25, 0.3) is 4.72 Å². The maximum absolute atomic E-state index is 12.2. The quantitative estimate of drug-likeness (QED) is 0.785. The Balaban J connectivity index is 0.00000200. The first kappa shape index (κ1) is 17.4. The molecule has 3 nitrogen and oxygen atoms in total. The summed E-state index contributed by atoms with van der Waals surface area (Å²) >= 11 is 0. The Hall–Kier alpha value is -0.650. The Morgan fingerprint density at radius 2 is 1.50 bits per heavy atom. The molecule has 0 aliphatic carbocycles. The van der Waals surface area contributed by atoms with Gasteiger partial charge in [0.25, 0.3) is 0 Å². The summed E-state index contributed by atoms with van der Waals surface area (Å²) in [6, 6.07) is 15.7. The number of aryl methyl sites for hydroxylation is 1. The first-order valence-electron chi connectivity index (χ1n) is 6.08. The Morgan fingerprint density at radius 1 is 0.950 bits per heavy atom. The molecule has 0 amide bonds. The van der Waals surface area contributed by atoms with E-state index in [9.17, 15) is 8.42 Å². The molecule has 0 N–H and O–H groups in total. The van der Waals surface area contributed by atoms with Crippen molar-refractivity contribution in [2.75, 3.05) is 0 Å². The second-order valence-electron chi connectivity index (χ2n) is 4.48. The molecule has 0 aliphatic rings. The van der Waals surface area contributed by atoms with Crippen molar-refractivity contribution < 1.29 is 38.0 Å². The van der Waals surface area contributed by atoms with E-state index in [1.807, 2.05) is 37.3 Å². The molecular formula is C15H16NNaO2S. The van der Waals surface area contributed by atoms with Crippen molar-refractivity contribution in [2.24, 2.45) is 0 Å². The largest absolute Gasteiger partial charge is 1.00 e. The van der Waals surface area contributed by atoms with Gasteiger partial charge in [0.1, 0.15) is 10.0 Å². The number of sulfonamides is 1. The van der Waals surface area contributed by atoms with Gasteiger partial charge >= 0.3 is 29.6 Å². The fourth-order valence-corrected chi connectivity index (χ4v) is 2.91. The van der Waals surface area contributed by atoms with Gasteiger partial charge in [-0.2, -0.15) is 0 Å². The van der Waals surface area contributed by atoms with Crippen molar-refractivity contribution in [1.82, 2.24) is 0 Å². The third-order valence-electron chi connectivity index (χ3n) is 2.90. The molecule has 0 bridgehead atoms. The summed E-state index contributed by atoms with van der Waals surface area (Å²) in [4.78, 5) is 0.237. The molecule has 20 heavy (non-hydrogen) atoms. The van der Waals surface area contributed by atoms with Crippen LogP contribution >= 0.6 is 0 Å². The van der Waals surface area contributed by atoms with Crippen molar-refractivity contribution in [3.63, 3.8) is 0 Å². The minimum Gasteiger partial charge on any atom is -0.538 e. The average Bonchev–Trinajstić information content (AvgIpc) is 2.40. The third kappa shape index (κ3) is 4.43. The molecule has 2 rings (SSSR count). The molecular weight excluding hydrogens is 281 g/mol. The zero-order valence-electron chi connectivity index (χ0n) is 11.9. The first-order valence-corrected chi connectivity index (χ1v) is 7.52. The van der Waals surface area contributed by atoms with Gasteiger partial charge in [-0.15, -0.1) is 6.04 Å². The van der Waals surface area contributed by atoms with Crippen LogP contribution < -0.4 is 29.6 Å². The van der Waals surface area contributed by atoms with Crippen molar-refractivity contribution in [2.45, 2.75) is 24.8 Å². The number of hydrogen-bond donors (Lipinski definition) is 0. The third-order valence-corrected chi connectivity index (χ3v) is 4.36. The number of hydrogen-bond acceptors (Lipinski definition) is 2. The van der Waals surface area contributed by atoms with Gasteiger partial charge in [-0.3, -0.25) is 0 Å². The maximum Gasteiger partial charge on any atom is 1.00 e. The van der Waals surface area contributed by atoms with Gasteiger partial charge in [0.2, 0.25) is 0 Å². The fraction of sp³-hybridized carbons (Fsp3) is 0.200. The van der Waals surface area contributed by atoms with Crippen LogP contribution in [0, 0.1) is 6.92 Å². The number of rotatable bonds is 4. The summed E-state index contributed by atoms with van der Waals surface area (Å²) in [7, 11) is -3.60. The average molecular weight is 297 g/mol. The summed E-state index contributed by atoms with van der Waals surface area (Å²) in [6.45, 7) is 3.70. The van der Waals surface area contributed by atoms with Gasteiger partial charge in [0, 0.05) is 4.90 Å². The van der Waals surface area contributed by atoms with Gasteiger partial charge in [0.05, 0.1) is 0 Å². The molecule has 0 saturated carbocycles. The van der Waals surface area contributed by atoms with E-state index in [1.54, 1.807) is 31.2 Å². The molecule has 100 valence electrons. The van der Waals surface area contributed by atoms with Crippen LogP contribution in [-0.4, -0.2) is 8.42 Å². The van der Waals surface area contributed by atoms with Crippen molar-refractivity contribution in [3.05, 3.63) is 70.4 Å². The van der Waals surface area contributed by atoms with E-state index in [4.69, 9.17) is 0 Å². The zero-order chi connectivity index (χ0) is 13.9. The van der Waals surface area contributed by atoms with Crippen LogP contribution in [0.2, 0.25) is 0 Å². The standard InChI is InChI=1S/C15H16NO2S.Na/c1-12-8-10-15(11-9-12)19(17,18)16-13(2)14-6-4-3-5-7-14;/h3-11,13H,1-2H3;/q-1;+1/t13-;/m0./s1. The van der Waals surface area contributed by atoms with Gasteiger partial charge in [-0.1, -0.05) is 60.5 Å². The topological polar surface area (TPSA) is 48.2 Å². The van der Waals surface area contributed by atoms with Crippen LogP contribution in [0.15, 0.2) is 59.5 Å². The predicted molar refractivity (Wildman–Crippen MR) is 76.6 cm³/mol. The molecule has 0 radical (unpaired) electrons. The number of benzene rings is 2. The van der Waals surface area contributed by atoms with Crippen molar-refractivity contribution in [1.29, 1.82) is 0 Å². The summed E-state index contributed by atoms with van der Waals surface area (Å²) in [5.74, 6) is 0. The minimum atomic E-state index is -3.60. The molecule has 1 atom stereocenters. The molecule has 0 spiro atoms. The minimum absolute atomic E-state index is 0. The van der Waals surface area contributed by atoms with Gasteiger partial charge in [0.15, 0.2) is 0 Å². The van der Waals surface area contributed by atoms with Crippen LogP contribution in [0.3, 0.4) is 0 Å². The fourth-order valence-electron chi connectivity index (χ4n) is 1.77. The molecule has 0 aromatic heterocycles. The Kier molecular flexibility index (Phi) is 6.43. The second kappa shape index (κ2) is 7.38. The van der Waals surface area contributed by atoms with E-state index >= 15 is 0 Å². The normalized spacial score (nSPS) is 12.5. The molecule has 5 heteroatoms. The van der Waals surface area contributed by atoms with Crippen LogP contribution in [0.5, 0.6) is 0 Å². The second-order valence-corrected chi connectivity index (χ2v) is 6.11. The maximum atomic E-state index is 12.2. The van der Waals surface area contributed by atoms with E-state index in [-0.39, 0.29) is 40.5 Å². The smallest absolute Gasteiger partial charge is 0.538 e. The molecule has 2 aromatic rings. The van der Waals surface area contributed by atoms with Gasteiger partial charge < -0.3 is 4.72 Å². The number of nitrogens with zero attached hydrogens (tertiary/aromatic N) is 1. The van der Waals surface area contributed by atoms with E-state index in [1.165, 1.54) is 0 Å². The summed E-state index contributed by atoms with van der Waals surface area (Å²) in [5, 5.41) is 0. The van der Waals surface area contributed by atoms with E-state index in [0.717, 1.165) is 11.1 Å². The molecule has 0 saturated heterocycles. The van der Waals surface area contributed by atoms with E-state index < -0.39 is 10.0 Å². The van der Waals surface area contributed by atoms with Crippen LogP contribution in [0.4, 0.5) is 0 Å². The predicted octanol–water partition coefficient (Wildman–Crippen LogP) is 0.823. The van der Waals surface area contributed by atoms with Gasteiger partial charge in [-0.25, -0.2) is 8.42 Å². The molecule has 0 aliphatic heterocycles. The molecule has 0 fully saturated rings. The molecule has 0 heterocycles. The zero-order valence-corrected chi connectivity index (χ0v) is 14.8. The monoisotopic (exact) mass is 297 g/mol. The van der Waals surface area contributed by atoms with E-state index in [0.29, 0.717) is 0 Å². The SMILES string of the molecule is Cc1ccc(S(=O)(=O)[N-][C@@H](C)c2ccccc2)cc1.[Na+]. The van der Waals surface area contributed by atoms with Crippen LogP contribution in [-0.2, 0) is 10.0 Å². The van der Waals surface area contributed by atoms with E-state index in [2.05, 4.69) is 4.72 Å². The van der Waals surface area contributed by atoms with Crippen molar-refractivity contribution in [3.8, 4) is 0 Å².